The Bertz CT molecular complexity index is 534. The van der Waals surface area contributed by atoms with E-state index in [-0.39, 0.29) is 0 Å². The van der Waals surface area contributed by atoms with Gasteiger partial charge in [0.15, 0.2) is 11.5 Å². The lowest BCUT2D eigenvalue weighted by Crippen LogP contribution is -2.21. The zero-order valence-electron chi connectivity index (χ0n) is 14.1. The van der Waals surface area contributed by atoms with Gasteiger partial charge in [0, 0.05) is 18.2 Å². The van der Waals surface area contributed by atoms with Crippen molar-refractivity contribution in [1.82, 2.24) is 4.90 Å². The average molecular weight is 371 g/mol. The van der Waals surface area contributed by atoms with Crippen LogP contribution < -0.4 is 15.2 Å². The molecule has 2 rings (SSSR count). The van der Waals surface area contributed by atoms with Crippen molar-refractivity contribution in [3.05, 3.63) is 21.7 Å². The van der Waals surface area contributed by atoms with E-state index < -0.39 is 0 Å². The van der Waals surface area contributed by atoms with Gasteiger partial charge in [-0.2, -0.15) is 0 Å². The van der Waals surface area contributed by atoms with Gasteiger partial charge in [0.1, 0.15) is 0 Å². The van der Waals surface area contributed by atoms with Gasteiger partial charge in [-0.15, -0.1) is 0 Å². The molecule has 4 nitrogen and oxygen atoms in total. The van der Waals surface area contributed by atoms with Crippen molar-refractivity contribution in [3.63, 3.8) is 0 Å². The minimum absolute atomic E-state index is 0.359. The van der Waals surface area contributed by atoms with E-state index in [0.717, 1.165) is 35.5 Å². The molecule has 1 aromatic carbocycles. The number of likely N-dealkylation sites (tertiary alicyclic amines) is 1. The summed E-state index contributed by atoms with van der Waals surface area (Å²) in [6, 6.07) is 2.57. The summed E-state index contributed by atoms with van der Waals surface area (Å²) in [6.07, 6.45) is 1.09. The Balaban J connectivity index is 2.58. The van der Waals surface area contributed by atoms with E-state index in [2.05, 4.69) is 47.8 Å². The predicted molar refractivity (Wildman–Crippen MR) is 93.9 cm³/mol. The first-order valence-corrected chi connectivity index (χ1v) is 8.58. The topological polar surface area (TPSA) is 47.7 Å². The Labute approximate surface area is 142 Å². The number of benzene rings is 1. The maximum Gasteiger partial charge on any atom is 0.175 e. The molecular formula is C17H27BrN2O2. The molecule has 1 heterocycles. The fourth-order valence-electron chi connectivity index (χ4n) is 3.55. The van der Waals surface area contributed by atoms with Crippen LogP contribution in [0.1, 0.15) is 43.4 Å². The average Bonchev–Trinajstić information content (AvgIpc) is 2.86. The number of hydrogen-bond donors (Lipinski definition) is 1. The number of hydrogen-bond acceptors (Lipinski definition) is 4. The first kappa shape index (κ1) is 17.6. The highest BCUT2D eigenvalue weighted by Gasteiger charge is 2.34. The van der Waals surface area contributed by atoms with Crippen LogP contribution in [-0.2, 0) is 0 Å². The van der Waals surface area contributed by atoms with Crippen LogP contribution >= 0.6 is 15.9 Å². The molecule has 0 saturated carbocycles. The number of rotatable bonds is 5. The van der Waals surface area contributed by atoms with Crippen LogP contribution in [0.5, 0.6) is 11.5 Å². The molecule has 1 aliphatic rings. The first-order chi connectivity index (χ1) is 10.4. The van der Waals surface area contributed by atoms with Gasteiger partial charge in [0.2, 0.25) is 0 Å². The largest absolute Gasteiger partial charge is 0.493 e. The van der Waals surface area contributed by atoms with Crippen LogP contribution in [0.3, 0.4) is 0 Å². The van der Waals surface area contributed by atoms with Crippen LogP contribution in [0.4, 0.5) is 0 Å². The molecule has 0 aromatic heterocycles. The number of ether oxygens (including phenoxy) is 2. The summed E-state index contributed by atoms with van der Waals surface area (Å²) in [5.74, 6) is 2.52. The molecular weight excluding hydrogens is 344 g/mol. The minimum atomic E-state index is 0.359. The standard InChI is InChI=1S/C17H27BrN2O2/c1-10(2)15-12(14-6-11(8-19)9-20(14)3)7-13(18)16(21-4)17(15)22-5/h7,10-11,14H,6,8-9,19H2,1-5H3. The zero-order chi connectivity index (χ0) is 16.4. The van der Waals surface area contributed by atoms with Crippen molar-refractivity contribution in [2.45, 2.75) is 32.2 Å². The lowest BCUT2D eigenvalue weighted by molar-refractivity contribution is 0.307. The third-order valence-corrected chi connectivity index (χ3v) is 5.16. The van der Waals surface area contributed by atoms with Gasteiger partial charge in [-0.1, -0.05) is 13.8 Å². The maximum absolute atomic E-state index is 5.89. The van der Waals surface area contributed by atoms with Crippen LogP contribution in [-0.4, -0.2) is 39.3 Å². The highest BCUT2D eigenvalue weighted by molar-refractivity contribution is 9.10. The third kappa shape index (κ3) is 3.12. The summed E-state index contributed by atoms with van der Waals surface area (Å²) in [5.41, 5.74) is 8.44. The normalized spacial score (nSPS) is 22.4. The quantitative estimate of drug-likeness (QED) is 0.860. The smallest absolute Gasteiger partial charge is 0.175 e. The summed E-state index contributed by atoms with van der Waals surface area (Å²) in [7, 11) is 5.56. The van der Waals surface area contributed by atoms with Crippen LogP contribution in [0.2, 0.25) is 0 Å². The van der Waals surface area contributed by atoms with E-state index >= 15 is 0 Å². The van der Waals surface area contributed by atoms with Crippen molar-refractivity contribution >= 4 is 15.9 Å². The Morgan fingerprint density at radius 2 is 1.95 bits per heavy atom. The Hall–Kier alpha value is -0.780. The van der Waals surface area contributed by atoms with Crippen molar-refractivity contribution < 1.29 is 9.47 Å². The fourth-order valence-corrected chi connectivity index (χ4v) is 4.13. The molecule has 124 valence electrons. The molecule has 1 fully saturated rings. The van der Waals surface area contributed by atoms with E-state index in [1.165, 1.54) is 11.1 Å². The molecule has 0 bridgehead atoms. The molecule has 2 unspecified atom stereocenters. The number of methoxy groups -OCH3 is 2. The van der Waals surface area contributed by atoms with Gasteiger partial charge < -0.3 is 15.2 Å². The molecule has 0 spiro atoms. The van der Waals surface area contributed by atoms with Crippen LogP contribution in [0.25, 0.3) is 0 Å². The molecule has 5 heteroatoms. The number of nitrogens with two attached hydrogens (primary N) is 1. The maximum atomic E-state index is 5.89. The van der Waals surface area contributed by atoms with E-state index in [0.29, 0.717) is 17.9 Å². The first-order valence-electron chi connectivity index (χ1n) is 7.79. The van der Waals surface area contributed by atoms with Crippen molar-refractivity contribution in [2.75, 3.05) is 34.4 Å². The molecule has 0 aliphatic carbocycles. The lowest BCUT2D eigenvalue weighted by Gasteiger charge is -2.27. The second-order valence-electron chi connectivity index (χ2n) is 6.38. The zero-order valence-corrected chi connectivity index (χ0v) is 15.7. The molecule has 1 saturated heterocycles. The molecule has 22 heavy (non-hydrogen) atoms. The van der Waals surface area contributed by atoms with Crippen LogP contribution in [0, 0.1) is 5.92 Å². The Kier molecular flexibility index (Phi) is 5.75. The second-order valence-corrected chi connectivity index (χ2v) is 7.23. The van der Waals surface area contributed by atoms with Gasteiger partial charge in [0.05, 0.1) is 18.7 Å². The molecule has 0 radical (unpaired) electrons. The third-order valence-electron chi connectivity index (χ3n) is 4.57. The summed E-state index contributed by atoms with van der Waals surface area (Å²) in [4.78, 5) is 2.40. The summed E-state index contributed by atoms with van der Waals surface area (Å²) < 4.78 is 12.2. The molecule has 1 aliphatic heterocycles. The predicted octanol–water partition coefficient (Wildman–Crippen LogP) is 3.54. The van der Waals surface area contributed by atoms with E-state index in [1.807, 2.05) is 0 Å². The van der Waals surface area contributed by atoms with Crippen LogP contribution in [0.15, 0.2) is 10.5 Å². The highest BCUT2D eigenvalue weighted by atomic mass is 79.9. The van der Waals surface area contributed by atoms with Gasteiger partial charge in [-0.3, -0.25) is 4.90 Å². The van der Waals surface area contributed by atoms with Gasteiger partial charge in [-0.25, -0.2) is 0 Å². The Morgan fingerprint density at radius 1 is 1.32 bits per heavy atom. The van der Waals surface area contributed by atoms with Crippen molar-refractivity contribution in [3.8, 4) is 11.5 Å². The molecule has 0 amide bonds. The van der Waals surface area contributed by atoms with Crippen molar-refractivity contribution in [2.24, 2.45) is 11.7 Å². The Morgan fingerprint density at radius 3 is 2.41 bits per heavy atom. The molecule has 2 N–H and O–H groups in total. The fraction of sp³-hybridized carbons (Fsp3) is 0.647. The number of halogens is 1. The molecule has 2 atom stereocenters. The SMILES string of the molecule is COc1c(Br)cc(C2CC(CN)CN2C)c(C(C)C)c1OC. The monoisotopic (exact) mass is 370 g/mol. The molecule has 1 aromatic rings. The van der Waals surface area contributed by atoms with Gasteiger partial charge in [-0.05, 0) is 59.4 Å². The van der Waals surface area contributed by atoms with E-state index in [9.17, 15) is 0 Å². The second kappa shape index (κ2) is 7.20. The highest BCUT2D eigenvalue weighted by Crippen LogP contribution is 2.48. The lowest BCUT2D eigenvalue weighted by atomic mass is 9.89. The minimum Gasteiger partial charge on any atom is -0.493 e. The summed E-state index contributed by atoms with van der Waals surface area (Å²) >= 11 is 3.63. The summed E-state index contributed by atoms with van der Waals surface area (Å²) in [5, 5.41) is 0. The van der Waals surface area contributed by atoms with Crippen molar-refractivity contribution in [1.29, 1.82) is 0 Å². The van der Waals surface area contributed by atoms with E-state index in [4.69, 9.17) is 15.2 Å². The van der Waals surface area contributed by atoms with Gasteiger partial charge >= 0.3 is 0 Å². The number of nitrogens with zero attached hydrogens (tertiary/aromatic N) is 1. The van der Waals surface area contributed by atoms with E-state index in [1.54, 1.807) is 14.2 Å². The van der Waals surface area contributed by atoms with Gasteiger partial charge in [0.25, 0.3) is 0 Å². The summed E-state index contributed by atoms with van der Waals surface area (Å²) in [6.45, 7) is 6.19.